The Kier molecular flexibility index (Phi) is 5.23. The summed E-state index contributed by atoms with van der Waals surface area (Å²) in [6.07, 6.45) is 0.142. The number of rotatable bonds is 4. The van der Waals surface area contributed by atoms with E-state index in [2.05, 4.69) is 10.6 Å². The van der Waals surface area contributed by atoms with Gasteiger partial charge in [0.1, 0.15) is 0 Å². The summed E-state index contributed by atoms with van der Waals surface area (Å²) in [5, 5.41) is 5.91. The lowest BCUT2D eigenvalue weighted by Crippen LogP contribution is -2.28. The molecule has 0 saturated carbocycles. The zero-order chi connectivity index (χ0) is 18.7. The summed E-state index contributed by atoms with van der Waals surface area (Å²) in [6, 6.07) is 13.6. The lowest BCUT2D eigenvalue weighted by molar-refractivity contribution is -0.122. The number of halogens is 1. The Bertz CT molecular complexity index is 851. The van der Waals surface area contributed by atoms with Crippen LogP contribution in [0.15, 0.2) is 48.5 Å². The van der Waals surface area contributed by atoms with Crippen molar-refractivity contribution in [3.8, 4) is 0 Å². The van der Waals surface area contributed by atoms with Gasteiger partial charge in [0.2, 0.25) is 11.8 Å². The smallest absolute Gasteiger partial charge is 0.251 e. The topological polar surface area (TPSA) is 78.5 Å². The number of carbonyl (C=O) groups is 3. The largest absolute Gasteiger partial charge is 0.355 e. The van der Waals surface area contributed by atoms with Crippen LogP contribution in [-0.4, -0.2) is 31.3 Å². The summed E-state index contributed by atoms with van der Waals surface area (Å²) < 4.78 is 0. The molecule has 1 heterocycles. The Morgan fingerprint density at radius 2 is 1.88 bits per heavy atom. The van der Waals surface area contributed by atoms with E-state index in [0.717, 1.165) is 5.69 Å². The first kappa shape index (κ1) is 17.9. The highest BCUT2D eigenvalue weighted by atomic mass is 35.5. The van der Waals surface area contributed by atoms with E-state index in [0.29, 0.717) is 22.8 Å². The van der Waals surface area contributed by atoms with E-state index in [1.807, 2.05) is 0 Å². The second-order valence-corrected chi connectivity index (χ2v) is 6.47. The molecule has 1 atom stereocenters. The minimum Gasteiger partial charge on any atom is -0.355 e. The molecule has 3 rings (SSSR count). The molecule has 1 fully saturated rings. The minimum atomic E-state index is -0.457. The van der Waals surface area contributed by atoms with E-state index < -0.39 is 5.92 Å². The summed E-state index contributed by atoms with van der Waals surface area (Å²) in [5.74, 6) is -1.04. The van der Waals surface area contributed by atoms with Gasteiger partial charge < -0.3 is 15.5 Å². The molecule has 0 radical (unpaired) electrons. The predicted molar refractivity (Wildman–Crippen MR) is 100 cm³/mol. The number of hydrogen-bond acceptors (Lipinski definition) is 3. The van der Waals surface area contributed by atoms with Crippen LogP contribution in [0.2, 0.25) is 5.02 Å². The molecule has 0 aromatic heterocycles. The van der Waals surface area contributed by atoms with E-state index >= 15 is 0 Å². The van der Waals surface area contributed by atoms with Crippen LogP contribution in [0.25, 0.3) is 0 Å². The average Bonchev–Trinajstić information content (AvgIpc) is 3.04. The van der Waals surface area contributed by atoms with E-state index in [1.165, 1.54) is 0 Å². The number of nitrogens with zero attached hydrogens (tertiary/aromatic N) is 1. The Balaban J connectivity index is 1.68. The first-order chi connectivity index (χ1) is 12.5. The van der Waals surface area contributed by atoms with Crippen LogP contribution in [0.5, 0.6) is 0 Å². The zero-order valence-electron chi connectivity index (χ0n) is 14.2. The Morgan fingerprint density at radius 1 is 1.15 bits per heavy atom. The Morgan fingerprint density at radius 3 is 2.58 bits per heavy atom. The standard InChI is InChI=1S/C19H18ClN3O3/c1-21-18(25)12-3-2-4-15(9-12)22-19(26)13-10-17(24)23(11-13)16-7-5-14(20)6-8-16/h2-9,13H,10-11H2,1H3,(H,21,25)(H,22,26)/t13-/m0/s1. The van der Waals surface area contributed by atoms with Crippen LogP contribution in [0.1, 0.15) is 16.8 Å². The molecule has 1 aliphatic heterocycles. The second-order valence-electron chi connectivity index (χ2n) is 6.03. The van der Waals surface area contributed by atoms with Gasteiger partial charge in [0.05, 0.1) is 5.92 Å². The van der Waals surface area contributed by atoms with Crippen molar-refractivity contribution in [3.05, 3.63) is 59.1 Å². The number of nitrogens with one attached hydrogen (secondary N) is 2. The molecule has 2 aromatic rings. The molecule has 6 nitrogen and oxygen atoms in total. The van der Waals surface area contributed by atoms with E-state index in [1.54, 1.807) is 60.5 Å². The molecular formula is C19H18ClN3O3. The van der Waals surface area contributed by atoms with Crippen LogP contribution in [0.3, 0.4) is 0 Å². The maximum Gasteiger partial charge on any atom is 0.251 e. The predicted octanol–water partition coefficient (Wildman–Crippen LogP) is 2.69. The molecule has 1 aliphatic rings. The molecular weight excluding hydrogens is 354 g/mol. The van der Waals surface area contributed by atoms with E-state index in [-0.39, 0.29) is 24.1 Å². The third-order valence-corrected chi connectivity index (χ3v) is 4.51. The SMILES string of the molecule is CNC(=O)c1cccc(NC(=O)[C@H]2CC(=O)N(c3ccc(Cl)cc3)C2)c1. The average molecular weight is 372 g/mol. The number of anilines is 2. The second kappa shape index (κ2) is 7.58. The van der Waals surface area contributed by atoms with Gasteiger partial charge in [-0.3, -0.25) is 14.4 Å². The fourth-order valence-electron chi connectivity index (χ4n) is 2.88. The molecule has 2 aromatic carbocycles. The summed E-state index contributed by atoms with van der Waals surface area (Å²) in [5.41, 5.74) is 1.69. The quantitative estimate of drug-likeness (QED) is 0.867. The van der Waals surface area contributed by atoms with E-state index in [4.69, 9.17) is 11.6 Å². The van der Waals surface area contributed by atoms with Crippen molar-refractivity contribution in [3.63, 3.8) is 0 Å². The highest BCUT2D eigenvalue weighted by Gasteiger charge is 2.35. The number of carbonyl (C=O) groups excluding carboxylic acids is 3. The molecule has 0 unspecified atom stereocenters. The summed E-state index contributed by atoms with van der Waals surface area (Å²) in [6.45, 7) is 0.307. The van der Waals surface area contributed by atoms with Gasteiger partial charge >= 0.3 is 0 Å². The van der Waals surface area contributed by atoms with Gasteiger partial charge in [0.25, 0.3) is 5.91 Å². The number of benzene rings is 2. The molecule has 1 saturated heterocycles. The molecule has 0 aliphatic carbocycles. The van der Waals surface area contributed by atoms with Crippen LogP contribution >= 0.6 is 11.6 Å². The molecule has 2 N–H and O–H groups in total. The molecule has 0 spiro atoms. The van der Waals surface area contributed by atoms with Gasteiger partial charge in [-0.25, -0.2) is 0 Å². The van der Waals surface area contributed by atoms with Crippen LogP contribution < -0.4 is 15.5 Å². The fraction of sp³-hybridized carbons (Fsp3) is 0.211. The van der Waals surface area contributed by atoms with Crippen molar-refractivity contribution < 1.29 is 14.4 Å². The zero-order valence-corrected chi connectivity index (χ0v) is 14.9. The lowest BCUT2D eigenvalue weighted by Gasteiger charge is -2.17. The third-order valence-electron chi connectivity index (χ3n) is 4.25. The van der Waals surface area contributed by atoms with Gasteiger partial charge in [0.15, 0.2) is 0 Å². The van der Waals surface area contributed by atoms with Crippen molar-refractivity contribution in [1.29, 1.82) is 0 Å². The first-order valence-electron chi connectivity index (χ1n) is 8.17. The fourth-order valence-corrected chi connectivity index (χ4v) is 3.01. The van der Waals surface area contributed by atoms with Gasteiger partial charge in [-0.2, -0.15) is 0 Å². The van der Waals surface area contributed by atoms with Crippen molar-refractivity contribution in [2.24, 2.45) is 5.92 Å². The third kappa shape index (κ3) is 3.86. The summed E-state index contributed by atoms with van der Waals surface area (Å²) in [7, 11) is 1.54. The highest BCUT2D eigenvalue weighted by molar-refractivity contribution is 6.30. The minimum absolute atomic E-state index is 0.105. The maximum atomic E-state index is 12.5. The van der Waals surface area contributed by atoms with Crippen molar-refractivity contribution in [2.45, 2.75) is 6.42 Å². The maximum absolute atomic E-state index is 12.5. The molecule has 7 heteroatoms. The van der Waals surface area contributed by atoms with Crippen molar-refractivity contribution >= 4 is 40.7 Å². The Hall–Kier alpha value is -2.86. The van der Waals surface area contributed by atoms with Crippen molar-refractivity contribution in [2.75, 3.05) is 23.8 Å². The van der Waals surface area contributed by atoms with Gasteiger partial charge in [-0.1, -0.05) is 17.7 Å². The van der Waals surface area contributed by atoms with Gasteiger partial charge in [-0.05, 0) is 42.5 Å². The molecule has 134 valence electrons. The van der Waals surface area contributed by atoms with Crippen LogP contribution in [0, 0.1) is 5.92 Å². The lowest BCUT2D eigenvalue weighted by atomic mass is 10.1. The van der Waals surface area contributed by atoms with Gasteiger partial charge in [0, 0.05) is 42.0 Å². The molecule has 3 amide bonds. The summed E-state index contributed by atoms with van der Waals surface area (Å²) >= 11 is 5.87. The number of hydrogen-bond donors (Lipinski definition) is 2. The Labute approximate surface area is 156 Å². The van der Waals surface area contributed by atoms with Gasteiger partial charge in [-0.15, -0.1) is 0 Å². The number of amides is 3. The molecule has 0 bridgehead atoms. The van der Waals surface area contributed by atoms with E-state index in [9.17, 15) is 14.4 Å². The first-order valence-corrected chi connectivity index (χ1v) is 8.54. The van der Waals surface area contributed by atoms with Crippen molar-refractivity contribution in [1.82, 2.24) is 5.32 Å². The monoisotopic (exact) mass is 371 g/mol. The summed E-state index contributed by atoms with van der Waals surface area (Å²) in [4.78, 5) is 38.1. The molecule has 26 heavy (non-hydrogen) atoms. The van der Waals surface area contributed by atoms with Crippen LogP contribution in [-0.2, 0) is 9.59 Å². The normalized spacial score (nSPS) is 16.5. The highest BCUT2D eigenvalue weighted by Crippen LogP contribution is 2.27. The van der Waals surface area contributed by atoms with Crippen LogP contribution in [0.4, 0.5) is 11.4 Å².